The second-order valence-electron chi connectivity index (χ2n) is 4.18. The highest BCUT2D eigenvalue weighted by Gasteiger charge is 2.05. The van der Waals surface area contributed by atoms with Crippen molar-refractivity contribution in [3.05, 3.63) is 57.4 Å². The standard InChI is InChI=1S/C14H11ClN2O2S/c15-10-2-1-3-11(8-10)19-6-5-17-9-16-12-4-7-20-13(12)14(17)18/h1-4,7-9H,5-6H2. The summed E-state index contributed by atoms with van der Waals surface area (Å²) < 4.78 is 7.81. The van der Waals surface area contributed by atoms with Gasteiger partial charge in [-0.1, -0.05) is 17.7 Å². The van der Waals surface area contributed by atoms with Crippen LogP contribution in [-0.4, -0.2) is 16.2 Å². The van der Waals surface area contributed by atoms with Crippen LogP contribution < -0.4 is 10.3 Å². The zero-order valence-corrected chi connectivity index (χ0v) is 12.0. The molecule has 6 heteroatoms. The summed E-state index contributed by atoms with van der Waals surface area (Å²) in [5.74, 6) is 0.690. The van der Waals surface area contributed by atoms with Gasteiger partial charge < -0.3 is 4.74 Å². The smallest absolute Gasteiger partial charge is 0.271 e. The van der Waals surface area contributed by atoms with Crippen molar-refractivity contribution >= 4 is 33.2 Å². The number of thiophene rings is 1. The molecule has 0 aliphatic carbocycles. The molecule has 4 nitrogen and oxygen atoms in total. The molecule has 0 amide bonds. The van der Waals surface area contributed by atoms with Gasteiger partial charge in [0.15, 0.2) is 0 Å². The Morgan fingerprint density at radius 1 is 1.35 bits per heavy atom. The minimum atomic E-state index is -0.0281. The van der Waals surface area contributed by atoms with Crippen molar-refractivity contribution < 1.29 is 4.74 Å². The van der Waals surface area contributed by atoms with E-state index in [9.17, 15) is 4.79 Å². The lowest BCUT2D eigenvalue weighted by molar-refractivity contribution is 0.296. The number of fused-ring (bicyclic) bond motifs is 1. The fraction of sp³-hybridized carbons (Fsp3) is 0.143. The second kappa shape index (κ2) is 5.64. The molecular weight excluding hydrogens is 296 g/mol. The summed E-state index contributed by atoms with van der Waals surface area (Å²) in [5, 5.41) is 2.49. The molecule has 0 aliphatic heterocycles. The molecule has 0 unspecified atom stereocenters. The number of ether oxygens (including phenoxy) is 1. The number of halogens is 1. The molecule has 3 rings (SSSR count). The van der Waals surface area contributed by atoms with Gasteiger partial charge in [-0.15, -0.1) is 11.3 Å². The Hall–Kier alpha value is -1.85. The van der Waals surface area contributed by atoms with E-state index in [1.807, 2.05) is 23.6 Å². The number of hydrogen-bond donors (Lipinski definition) is 0. The minimum absolute atomic E-state index is 0.0281. The van der Waals surface area contributed by atoms with Crippen LogP contribution in [0.4, 0.5) is 0 Å². The summed E-state index contributed by atoms with van der Waals surface area (Å²) in [6, 6.07) is 9.02. The summed E-state index contributed by atoms with van der Waals surface area (Å²) in [7, 11) is 0. The van der Waals surface area contributed by atoms with E-state index >= 15 is 0 Å². The van der Waals surface area contributed by atoms with Crippen LogP contribution in [0.15, 0.2) is 46.8 Å². The quantitative estimate of drug-likeness (QED) is 0.743. The number of benzene rings is 1. The molecule has 0 spiro atoms. The van der Waals surface area contributed by atoms with Gasteiger partial charge in [0, 0.05) is 5.02 Å². The number of rotatable bonds is 4. The molecular formula is C14H11ClN2O2S. The fourth-order valence-electron chi connectivity index (χ4n) is 1.86. The molecule has 3 aromatic rings. The number of nitrogens with zero attached hydrogens (tertiary/aromatic N) is 2. The van der Waals surface area contributed by atoms with Crippen molar-refractivity contribution in [2.24, 2.45) is 0 Å². The van der Waals surface area contributed by atoms with Gasteiger partial charge in [0.1, 0.15) is 17.1 Å². The highest BCUT2D eigenvalue weighted by atomic mass is 35.5. The number of hydrogen-bond acceptors (Lipinski definition) is 4. The van der Waals surface area contributed by atoms with Crippen molar-refractivity contribution in [2.45, 2.75) is 6.54 Å². The van der Waals surface area contributed by atoms with E-state index < -0.39 is 0 Å². The lowest BCUT2D eigenvalue weighted by Gasteiger charge is -2.08. The molecule has 0 N–H and O–H groups in total. The minimum Gasteiger partial charge on any atom is -0.492 e. The van der Waals surface area contributed by atoms with E-state index in [0.717, 1.165) is 5.52 Å². The monoisotopic (exact) mass is 306 g/mol. The van der Waals surface area contributed by atoms with Crippen LogP contribution in [0.25, 0.3) is 10.2 Å². The average Bonchev–Trinajstić information content (AvgIpc) is 2.91. The van der Waals surface area contributed by atoms with Crippen LogP contribution in [0.3, 0.4) is 0 Å². The topological polar surface area (TPSA) is 44.1 Å². The van der Waals surface area contributed by atoms with Gasteiger partial charge in [0.25, 0.3) is 5.56 Å². The predicted molar refractivity (Wildman–Crippen MR) is 80.8 cm³/mol. The Bertz CT molecular complexity index is 797. The van der Waals surface area contributed by atoms with Gasteiger partial charge >= 0.3 is 0 Å². The van der Waals surface area contributed by atoms with Crippen LogP contribution in [0.1, 0.15) is 0 Å². The van der Waals surface area contributed by atoms with E-state index in [1.54, 1.807) is 23.0 Å². The summed E-state index contributed by atoms with van der Waals surface area (Å²) in [5.41, 5.74) is 0.715. The summed E-state index contributed by atoms with van der Waals surface area (Å²) >= 11 is 7.28. The maximum absolute atomic E-state index is 12.1. The van der Waals surface area contributed by atoms with Crippen LogP contribution in [-0.2, 0) is 6.54 Å². The van der Waals surface area contributed by atoms with E-state index in [4.69, 9.17) is 16.3 Å². The van der Waals surface area contributed by atoms with Crippen molar-refractivity contribution in [1.29, 1.82) is 0 Å². The molecule has 0 bridgehead atoms. The van der Waals surface area contributed by atoms with Crippen LogP contribution >= 0.6 is 22.9 Å². The Kier molecular flexibility index (Phi) is 3.71. The summed E-state index contributed by atoms with van der Waals surface area (Å²) in [6.07, 6.45) is 1.55. The second-order valence-corrected chi connectivity index (χ2v) is 5.54. The molecule has 0 atom stereocenters. The SMILES string of the molecule is O=c1c2sccc2ncn1CCOc1cccc(Cl)c1. The molecule has 20 heavy (non-hydrogen) atoms. The van der Waals surface area contributed by atoms with Gasteiger partial charge in [-0.25, -0.2) is 4.98 Å². The maximum Gasteiger partial charge on any atom is 0.271 e. The van der Waals surface area contributed by atoms with Crippen molar-refractivity contribution in [3.8, 4) is 5.75 Å². The Balaban J connectivity index is 1.71. The molecule has 1 aromatic carbocycles. The molecule has 0 saturated carbocycles. The van der Waals surface area contributed by atoms with Gasteiger partial charge in [0.2, 0.25) is 0 Å². The third kappa shape index (κ3) is 2.69. The van der Waals surface area contributed by atoms with Gasteiger partial charge in [-0.2, -0.15) is 0 Å². The van der Waals surface area contributed by atoms with Crippen molar-refractivity contribution in [2.75, 3.05) is 6.61 Å². The van der Waals surface area contributed by atoms with Crippen LogP contribution in [0.2, 0.25) is 5.02 Å². The van der Waals surface area contributed by atoms with E-state index in [2.05, 4.69) is 4.98 Å². The first-order valence-electron chi connectivity index (χ1n) is 6.05. The summed E-state index contributed by atoms with van der Waals surface area (Å²) in [6.45, 7) is 0.838. The molecule has 102 valence electrons. The van der Waals surface area contributed by atoms with Gasteiger partial charge in [-0.3, -0.25) is 9.36 Å². The average molecular weight is 307 g/mol. The van der Waals surface area contributed by atoms with Crippen molar-refractivity contribution in [1.82, 2.24) is 9.55 Å². The maximum atomic E-state index is 12.1. The van der Waals surface area contributed by atoms with E-state index in [-0.39, 0.29) is 5.56 Å². The fourth-order valence-corrected chi connectivity index (χ4v) is 2.83. The number of aromatic nitrogens is 2. The highest BCUT2D eigenvalue weighted by molar-refractivity contribution is 7.17. The largest absolute Gasteiger partial charge is 0.492 e. The third-order valence-electron chi connectivity index (χ3n) is 2.83. The molecule has 2 aromatic heterocycles. The Morgan fingerprint density at radius 3 is 3.10 bits per heavy atom. The molecule has 2 heterocycles. The first-order valence-corrected chi connectivity index (χ1v) is 7.31. The summed E-state index contributed by atoms with van der Waals surface area (Å²) in [4.78, 5) is 16.4. The van der Waals surface area contributed by atoms with Gasteiger partial charge in [0.05, 0.1) is 18.4 Å². The predicted octanol–water partition coefficient (Wildman–Crippen LogP) is 3.19. The first kappa shape index (κ1) is 13.1. The van der Waals surface area contributed by atoms with Crippen molar-refractivity contribution in [3.63, 3.8) is 0 Å². The van der Waals surface area contributed by atoms with Crippen LogP contribution in [0, 0.1) is 0 Å². The molecule has 0 aliphatic rings. The zero-order valence-electron chi connectivity index (χ0n) is 10.5. The molecule has 0 fully saturated rings. The van der Waals surface area contributed by atoms with E-state index in [1.165, 1.54) is 11.3 Å². The Labute approximate surface area is 124 Å². The lowest BCUT2D eigenvalue weighted by atomic mass is 10.3. The zero-order chi connectivity index (χ0) is 13.9. The first-order chi connectivity index (χ1) is 9.74. The third-order valence-corrected chi connectivity index (χ3v) is 3.96. The van der Waals surface area contributed by atoms with Gasteiger partial charge in [-0.05, 0) is 29.6 Å². The molecule has 0 saturated heterocycles. The van der Waals surface area contributed by atoms with E-state index in [0.29, 0.717) is 28.6 Å². The van der Waals surface area contributed by atoms with Crippen LogP contribution in [0.5, 0.6) is 5.75 Å². The Morgan fingerprint density at radius 2 is 2.25 bits per heavy atom. The lowest BCUT2D eigenvalue weighted by Crippen LogP contribution is -2.22. The molecule has 0 radical (unpaired) electrons. The highest BCUT2D eigenvalue weighted by Crippen LogP contribution is 2.17. The normalized spacial score (nSPS) is 10.8.